The maximum atomic E-state index is 13.0. The summed E-state index contributed by atoms with van der Waals surface area (Å²) in [7, 11) is 5.93. The molecule has 0 N–H and O–H groups in total. The van der Waals surface area contributed by atoms with E-state index in [4.69, 9.17) is 18.9 Å². The number of hydrogen-bond acceptors (Lipinski definition) is 8. The minimum atomic E-state index is -1.63. The highest BCUT2D eigenvalue weighted by molar-refractivity contribution is 5.70. The Bertz CT molecular complexity index is 1980. The van der Waals surface area contributed by atoms with Crippen molar-refractivity contribution in [2.24, 2.45) is 0 Å². The highest BCUT2D eigenvalue weighted by Crippen LogP contribution is 2.18. The van der Waals surface area contributed by atoms with Gasteiger partial charge in [-0.05, 0) is 109 Å². The molecule has 0 radical (unpaired) electrons. The van der Waals surface area contributed by atoms with Crippen LogP contribution in [0.3, 0.4) is 0 Å². The number of carboxylic acid groups (broad SMARTS) is 1. The van der Waals surface area contributed by atoms with E-state index in [0.29, 0.717) is 17.4 Å². The van der Waals surface area contributed by atoms with Crippen LogP contribution in [0.25, 0.3) is 0 Å². The van der Waals surface area contributed by atoms with Crippen LogP contribution in [0.1, 0.15) is 348 Å². The molecule has 0 bridgehead atoms. The van der Waals surface area contributed by atoms with E-state index >= 15 is 0 Å². The lowest BCUT2D eigenvalue weighted by molar-refractivity contribution is -0.870. The highest BCUT2D eigenvalue weighted by Gasteiger charge is 2.22. The smallest absolute Gasteiger partial charge is 0.306 e. The van der Waals surface area contributed by atoms with Gasteiger partial charge in [0, 0.05) is 12.8 Å². The molecule has 9 heteroatoms. The van der Waals surface area contributed by atoms with E-state index in [-0.39, 0.29) is 38.6 Å². The van der Waals surface area contributed by atoms with Gasteiger partial charge in [-0.15, -0.1) is 0 Å². The van der Waals surface area contributed by atoms with E-state index in [9.17, 15) is 19.5 Å². The molecule has 0 fully saturated rings. The van der Waals surface area contributed by atoms with Crippen molar-refractivity contribution in [2.75, 3.05) is 47.5 Å². The zero-order valence-electron chi connectivity index (χ0n) is 62.5. The molecular formula is C86H149NO8. The molecule has 0 rings (SSSR count). The number of nitrogens with zero attached hydrogens (tertiary/aromatic N) is 1. The molecule has 2 atom stereocenters. The summed E-state index contributed by atoms with van der Waals surface area (Å²) in [4.78, 5) is 37.6. The first-order valence-electron chi connectivity index (χ1n) is 39.7. The minimum absolute atomic E-state index is 0.141. The Hall–Kier alpha value is -4.31. The van der Waals surface area contributed by atoms with Gasteiger partial charge in [0.15, 0.2) is 12.4 Å². The van der Waals surface area contributed by atoms with E-state index < -0.39 is 24.3 Å². The Morgan fingerprint density at radius 1 is 0.326 bits per heavy atom. The van der Waals surface area contributed by atoms with Crippen LogP contribution in [0, 0.1) is 0 Å². The predicted molar refractivity (Wildman–Crippen MR) is 407 cm³/mol. The molecule has 95 heavy (non-hydrogen) atoms. The summed E-state index contributed by atoms with van der Waals surface area (Å²) in [6.45, 7) is 4.63. The number of esters is 2. The van der Waals surface area contributed by atoms with Gasteiger partial charge < -0.3 is 33.3 Å². The third-order valence-corrected chi connectivity index (χ3v) is 17.2. The van der Waals surface area contributed by atoms with Crippen molar-refractivity contribution in [3.63, 3.8) is 0 Å². The Kier molecular flexibility index (Phi) is 72.0. The Balaban J connectivity index is 4.02. The fraction of sp³-hybridized carbons (Fsp3) is 0.733. The lowest BCUT2D eigenvalue weighted by Crippen LogP contribution is -2.44. The fourth-order valence-corrected chi connectivity index (χ4v) is 11.2. The summed E-state index contributed by atoms with van der Waals surface area (Å²) in [5, 5.41) is 11.9. The SMILES string of the molecule is CC/C=C\C/C=C\C/C=C\C/C=C\C/C=C\C/C=C\C/C=C\CCCCCCCCCC(=O)OC(COC(=O)CCCCCCCCCCCCCCCCCCCCCCCCCCCC/C=C\C/C=C\C/C=C\CCCCCCC)COC(OCC[N+](C)(C)C)C(=O)[O-]. The third-order valence-electron chi connectivity index (χ3n) is 17.2. The number of carboxylic acids is 1. The second-order valence-corrected chi connectivity index (χ2v) is 27.6. The molecule has 0 heterocycles. The van der Waals surface area contributed by atoms with Crippen LogP contribution in [0.5, 0.6) is 0 Å². The van der Waals surface area contributed by atoms with Crippen LogP contribution in [0.4, 0.5) is 0 Å². The number of unbranched alkanes of at least 4 members (excludes halogenated alkanes) is 38. The molecule has 546 valence electrons. The molecule has 0 aliphatic heterocycles. The van der Waals surface area contributed by atoms with Gasteiger partial charge in [0.1, 0.15) is 13.2 Å². The van der Waals surface area contributed by atoms with Gasteiger partial charge in [-0.1, -0.05) is 347 Å². The Morgan fingerprint density at radius 3 is 0.895 bits per heavy atom. The molecule has 0 saturated carbocycles. The predicted octanol–water partition coefficient (Wildman–Crippen LogP) is 24.1. The molecule has 2 unspecified atom stereocenters. The zero-order chi connectivity index (χ0) is 69.0. The van der Waals surface area contributed by atoms with Gasteiger partial charge >= 0.3 is 11.9 Å². The fourth-order valence-electron chi connectivity index (χ4n) is 11.2. The monoisotopic (exact) mass is 1320 g/mol. The van der Waals surface area contributed by atoms with Crippen molar-refractivity contribution in [1.82, 2.24) is 0 Å². The molecule has 0 saturated heterocycles. The summed E-state index contributed by atoms with van der Waals surface area (Å²) >= 11 is 0. The molecule has 0 amide bonds. The first kappa shape index (κ1) is 90.7. The van der Waals surface area contributed by atoms with Crippen molar-refractivity contribution in [1.29, 1.82) is 0 Å². The number of ether oxygens (including phenoxy) is 4. The molecule has 0 aliphatic carbocycles. The van der Waals surface area contributed by atoms with Gasteiger partial charge in [0.2, 0.25) is 0 Å². The third kappa shape index (κ3) is 76.9. The summed E-state index contributed by atoms with van der Waals surface area (Å²) in [6.07, 6.45) is 105. The lowest BCUT2D eigenvalue weighted by Gasteiger charge is -2.26. The van der Waals surface area contributed by atoms with Gasteiger partial charge in [-0.25, -0.2) is 0 Å². The Morgan fingerprint density at radius 2 is 0.600 bits per heavy atom. The standard InChI is InChI=1S/C86H149NO8/c1-6-8-10-12-14-16-18-20-22-24-26-28-30-32-34-36-37-38-39-40-41-42-43-44-45-46-47-49-50-52-54-56-58-60-62-64-66-68-70-72-74-76-83(88)93-80-82(81-94-86(85(90)91)92-79-78-87(3,4)5)95-84(89)77-75-73-71-69-67-65-63-61-59-57-55-53-51-48-35-33-31-29-27-25-23-21-19-17-15-13-11-9-7-2/h9,11,15,17-18,20-21,23-24,26-27,29-30,32-33,35,51,53,57,59,82,86H,6-8,10,12-14,16,19,22,25,28,31,34,36-50,52,54-56,58,60-81H2,1-5H3/b11-9-,17-15-,20-18-,23-21-,26-24-,29-27-,32-30-,35-33-,53-51-,59-57-. The van der Waals surface area contributed by atoms with Gasteiger partial charge in [-0.2, -0.15) is 0 Å². The van der Waals surface area contributed by atoms with Gasteiger partial charge in [0.25, 0.3) is 0 Å². The maximum Gasteiger partial charge on any atom is 0.306 e. The summed E-state index contributed by atoms with van der Waals surface area (Å²) in [5.74, 6) is -2.29. The molecule has 0 aromatic heterocycles. The van der Waals surface area contributed by atoms with Crippen molar-refractivity contribution >= 4 is 17.9 Å². The summed E-state index contributed by atoms with van der Waals surface area (Å²) < 4.78 is 22.8. The quantitative estimate of drug-likeness (QED) is 0.0195. The molecular weight excluding hydrogens is 1170 g/mol. The molecule has 0 aliphatic rings. The number of hydrogen-bond donors (Lipinski definition) is 0. The number of quaternary nitrogens is 1. The normalized spacial score (nSPS) is 13.3. The maximum absolute atomic E-state index is 13.0. The Labute approximate surface area is 587 Å². The first-order valence-corrected chi connectivity index (χ1v) is 39.7. The van der Waals surface area contributed by atoms with Crippen LogP contribution in [0.2, 0.25) is 0 Å². The number of aliphatic carboxylic acids is 1. The second kappa shape index (κ2) is 75.5. The van der Waals surface area contributed by atoms with Crippen molar-refractivity contribution in [3.05, 3.63) is 122 Å². The molecule has 9 nitrogen and oxygen atoms in total. The average Bonchev–Trinajstić information content (AvgIpc) is 2.86. The van der Waals surface area contributed by atoms with Gasteiger partial charge in [0.05, 0.1) is 40.3 Å². The number of rotatable bonds is 73. The van der Waals surface area contributed by atoms with Crippen molar-refractivity contribution in [3.8, 4) is 0 Å². The van der Waals surface area contributed by atoms with E-state index in [1.807, 2.05) is 21.1 Å². The van der Waals surface area contributed by atoms with Crippen molar-refractivity contribution < 1.29 is 42.9 Å². The molecule has 0 aromatic rings. The van der Waals surface area contributed by atoms with Crippen LogP contribution in [-0.2, 0) is 33.3 Å². The van der Waals surface area contributed by atoms with E-state index in [1.54, 1.807) is 0 Å². The van der Waals surface area contributed by atoms with Gasteiger partial charge in [-0.3, -0.25) is 9.59 Å². The first-order chi connectivity index (χ1) is 46.6. The topological polar surface area (TPSA) is 111 Å². The number of carbonyl (C=O) groups is 3. The number of carbonyl (C=O) groups excluding carboxylic acids is 3. The average molecular weight is 1330 g/mol. The van der Waals surface area contributed by atoms with Crippen molar-refractivity contribution in [2.45, 2.75) is 360 Å². The summed E-state index contributed by atoms with van der Waals surface area (Å²) in [6, 6.07) is 0. The molecule has 0 aromatic carbocycles. The number of likely N-dealkylation sites (N-methyl/N-ethyl adjacent to an activating group) is 1. The largest absolute Gasteiger partial charge is 0.545 e. The van der Waals surface area contributed by atoms with Crippen LogP contribution in [0.15, 0.2) is 122 Å². The highest BCUT2D eigenvalue weighted by atomic mass is 16.7. The lowest BCUT2D eigenvalue weighted by atomic mass is 10.0. The van der Waals surface area contributed by atoms with Crippen LogP contribution >= 0.6 is 0 Å². The number of allylic oxidation sites excluding steroid dienone is 20. The van der Waals surface area contributed by atoms with Crippen LogP contribution in [-0.4, -0.2) is 82.3 Å². The second-order valence-electron chi connectivity index (χ2n) is 27.6. The van der Waals surface area contributed by atoms with E-state index in [1.165, 1.54) is 212 Å². The summed E-state index contributed by atoms with van der Waals surface area (Å²) in [5.41, 5.74) is 0. The minimum Gasteiger partial charge on any atom is -0.545 e. The zero-order valence-corrected chi connectivity index (χ0v) is 62.5. The van der Waals surface area contributed by atoms with E-state index in [2.05, 4.69) is 135 Å². The van der Waals surface area contributed by atoms with Crippen LogP contribution < -0.4 is 5.11 Å². The van der Waals surface area contributed by atoms with E-state index in [0.717, 1.165) is 103 Å². The molecule has 0 spiro atoms.